The number of benzene rings is 2. The van der Waals surface area contributed by atoms with Crippen LogP contribution in [0.3, 0.4) is 0 Å². The second-order valence-electron chi connectivity index (χ2n) is 9.77. The fourth-order valence-electron chi connectivity index (χ4n) is 4.98. The zero-order valence-corrected chi connectivity index (χ0v) is 21.8. The molecule has 0 spiro atoms. The van der Waals surface area contributed by atoms with E-state index in [1.165, 1.54) is 12.1 Å². The molecular weight excluding hydrogens is 465 g/mol. The highest BCUT2D eigenvalue weighted by Gasteiger charge is 2.34. The molecule has 3 rings (SSSR count). The monoisotopic (exact) mass is 503 g/mol. The number of carbonyl (C=O) groups excluding carboxylic acids is 1. The summed E-state index contributed by atoms with van der Waals surface area (Å²) in [6.45, 7) is 6.63. The number of halogens is 2. The highest BCUT2D eigenvalue weighted by Crippen LogP contribution is 2.34. The van der Waals surface area contributed by atoms with Gasteiger partial charge in [-0.05, 0) is 80.5 Å². The number of aliphatic hydroxyl groups is 1. The molecule has 1 heterocycles. The molecule has 2 aromatic rings. The van der Waals surface area contributed by atoms with Gasteiger partial charge in [-0.25, -0.2) is 4.39 Å². The zero-order chi connectivity index (χ0) is 25.3. The van der Waals surface area contributed by atoms with Crippen LogP contribution in [0.1, 0.15) is 82.4 Å². The number of carbonyl (C=O) groups is 1. The van der Waals surface area contributed by atoms with Gasteiger partial charge < -0.3 is 14.7 Å². The molecule has 6 heteroatoms. The van der Waals surface area contributed by atoms with E-state index in [9.17, 15) is 14.3 Å². The van der Waals surface area contributed by atoms with E-state index >= 15 is 0 Å². The third-order valence-electron chi connectivity index (χ3n) is 7.11. The number of nitrogens with zero attached hydrogens (tertiary/aromatic N) is 1. The average molecular weight is 504 g/mol. The van der Waals surface area contributed by atoms with Gasteiger partial charge in [0.05, 0.1) is 11.5 Å². The topological polar surface area (TPSA) is 49.8 Å². The van der Waals surface area contributed by atoms with Gasteiger partial charge in [0.2, 0.25) is 0 Å². The Kier molecular flexibility index (Phi) is 10.6. The summed E-state index contributed by atoms with van der Waals surface area (Å²) in [7, 11) is 0. The lowest BCUT2D eigenvalue weighted by Crippen LogP contribution is -2.42. The Hall–Kier alpha value is -1.95. The predicted octanol–water partition coefficient (Wildman–Crippen LogP) is 7.04. The van der Waals surface area contributed by atoms with E-state index in [2.05, 4.69) is 18.7 Å². The van der Waals surface area contributed by atoms with Gasteiger partial charge >= 0.3 is 5.97 Å². The van der Waals surface area contributed by atoms with Gasteiger partial charge in [-0.3, -0.25) is 4.79 Å². The minimum Gasteiger partial charge on any atom is -0.457 e. The second kappa shape index (κ2) is 13.4. The maximum Gasteiger partial charge on any atom is 0.309 e. The van der Waals surface area contributed by atoms with Crippen LogP contribution in [0.4, 0.5) is 4.39 Å². The fourth-order valence-corrected chi connectivity index (χ4v) is 5.11. The molecule has 1 aliphatic heterocycles. The summed E-state index contributed by atoms with van der Waals surface area (Å²) in [5, 5.41) is 11.8. The van der Waals surface area contributed by atoms with E-state index in [4.69, 9.17) is 16.3 Å². The molecule has 0 saturated carbocycles. The first kappa shape index (κ1) is 27.6. The Labute approximate surface area is 214 Å². The molecule has 1 aliphatic rings. The molecular formula is C29H39ClFNO3. The van der Waals surface area contributed by atoms with Gasteiger partial charge in [0.25, 0.3) is 0 Å². The fraction of sp³-hybridized carbons (Fsp3) is 0.552. The first-order valence-corrected chi connectivity index (χ1v) is 13.4. The molecule has 2 aromatic carbocycles. The Bertz CT molecular complexity index is 905. The van der Waals surface area contributed by atoms with Gasteiger partial charge in [-0.2, -0.15) is 0 Å². The molecule has 4 nitrogen and oxygen atoms in total. The molecule has 0 bridgehead atoms. The number of hydrogen-bond donors (Lipinski definition) is 1. The van der Waals surface area contributed by atoms with Crippen molar-refractivity contribution in [1.29, 1.82) is 0 Å². The summed E-state index contributed by atoms with van der Waals surface area (Å²) in [6, 6.07) is 13.7. The Morgan fingerprint density at radius 3 is 2.20 bits per heavy atom. The predicted molar refractivity (Wildman–Crippen MR) is 139 cm³/mol. The van der Waals surface area contributed by atoms with Crippen molar-refractivity contribution < 1.29 is 19.0 Å². The van der Waals surface area contributed by atoms with Gasteiger partial charge in [0.1, 0.15) is 11.9 Å². The van der Waals surface area contributed by atoms with E-state index in [-0.39, 0.29) is 23.8 Å². The van der Waals surface area contributed by atoms with Crippen molar-refractivity contribution in [2.45, 2.75) is 76.9 Å². The van der Waals surface area contributed by atoms with E-state index in [0.717, 1.165) is 62.9 Å². The zero-order valence-electron chi connectivity index (χ0n) is 21.0. The van der Waals surface area contributed by atoms with Crippen LogP contribution in [-0.4, -0.2) is 35.6 Å². The minimum atomic E-state index is -0.819. The van der Waals surface area contributed by atoms with Crippen molar-refractivity contribution >= 4 is 17.6 Å². The first-order valence-electron chi connectivity index (χ1n) is 13.0. The van der Waals surface area contributed by atoms with Crippen molar-refractivity contribution in [3.63, 3.8) is 0 Å². The van der Waals surface area contributed by atoms with Crippen LogP contribution in [0.5, 0.6) is 0 Å². The van der Waals surface area contributed by atoms with E-state index < -0.39 is 5.60 Å². The van der Waals surface area contributed by atoms with Crippen LogP contribution in [0, 0.1) is 11.7 Å². The molecule has 0 radical (unpaired) electrons. The summed E-state index contributed by atoms with van der Waals surface area (Å²) in [5.41, 5.74) is 0.932. The molecule has 192 valence electrons. The summed E-state index contributed by atoms with van der Waals surface area (Å²) < 4.78 is 19.5. The van der Waals surface area contributed by atoms with Crippen LogP contribution in [0.25, 0.3) is 0 Å². The lowest BCUT2D eigenvalue weighted by atomic mass is 9.84. The summed E-state index contributed by atoms with van der Waals surface area (Å²) in [5.74, 6) is -0.523. The Morgan fingerprint density at radius 2 is 1.63 bits per heavy atom. The molecule has 1 atom stereocenters. The van der Waals surface area contributed by atoms with E-state index in [1.54, 1.807) is 12.1 Å². The maximum atomic E-state index is 13.5. The lowest BCUT2D eigenvalue weighted by Gasteiger charge is -2.38. The number of ether oxygens (including phenoxy) is 1. The third-order valence-corrected chi connectivity index (χ3v) is 7.37. The quantitative estimate of drug-likeness (QED) is 0.315. The average Bonchev–Trinajstić information content (AvgIpc) is 2.85. The summed E-state index contributed by atoms with van der Waals surface area (Å²) >= 11 is 5.99. The Balaban J connectivity index is 1.56. The maximum absolute atomic E-state index is 13.5. The minimum absolute atomic E-state index is 0.0828. The third kappa shape index (κ3) is 8.03. The van der Waals surface area contributed by atoms with Gasteiger partial charge in [-0.15, -0.1) is 0 Å². The first-order chi connectivity index (χ1) is 16.8. The Morgan fingerprint density at radius 1 is 1.03 bits per heavy atom. The van der Waals surface area contributed by atoms with E-state index in [1.807, 2.05) is 24.3 Å². The highest BCUT2D eigenvalue weighted by atomic mass is 35.5. The van der Waals surface area contributed by atoms with Crippen LogP contribution in [0.2, 0.25) is 5.02 Å². The molecule has 0 aliphatic carbocycles. The smallest absolute Gasteiger partial charge is 0.309 e. The molecule has 35 heavy (non-hydrogen) atoms. The number of esters is 1. The standard InChI is InChI=1S/C29H39ClFNO3/c1-3-6-23(7-4-2)28(33)35-27(22-9-15-26(31)16-10-22)8-5-19-32-20-17-29(34,18-21-32)24-11-13-25(30)14-12-24/h9-16,23,27,34H,3-8,17-21H2,1-2H3/t27-/m0/s1. The van der Waals surface area contributed by atoms with E-state index in [0.29, 0.717) is 24.3 Å². The van der Waals surface area contributed by atoms with Gasteiger partial charge in [0, 0.05) is 18.1 Å². The van der Waals surface area contributed by atoms with Crippen LogP contribution in [0.15, 0.2) is 48.5 Å². The summed E-state index contributed by atoms with van der Waals surface area (Å²) in [4.78, 5) is 15.3. The van der Waals surface area contributed by atoms with Crippen molar-refractivity contribution in [3.8, 4) is 0 Å². The van der Waals surface area contributed by atoms with Crippen molar-refractivity contribution in [2.75, 3.05) is 19.6 Å². The molecule has 0 amide bonds. The lowest BCUT2D eigenvalue weighted by molar-refractivity contribution is -0.155. The van der Waals surface area contributed by atoms with Gasteiger partial charge in [-0.1, -0.05) is 62.6 Å². The van der Waals surface area contributed by atoms with Crippen molar-refractivity contribution in [3.05, 3.63) is 70.5 Å². The molecule has 1 N–H and O–H groups in total. The highest BCUT2D eigenvalue weighted by molar-refractivity contribution is 6.30. The number of likely N-dealkylation sites (tertiary alicyclic amines) is 1. The molecule has 1 saturated heterocycles. The number of rotatable bonds is 12. The van der Waals surface area contributed by atoms with Crippen LogP contribution in [-0.2, 0) is 15.1 Å². The van der Waals surface area contributed by atoms with Crippen LogP contribution < -0.4 is 0 Å². The van der Waals surface area contributed by atoms with Crippen LogP contribution >= 0.6 is 11.6 Å². The molecule has 1 fully saturated rings. The van der Waals surface area contributed by atoms with Gasteiger partial charge in [0.15, 0.2) is 0 Å². The van der Waals surface area contributed by atoms with Crippen molar-refractivity contribution in [1.82, 2.24) is 4.90 Å². The summed E-state index contributed by atoms with van der Waals surface area (Å²) in [6.07, 6.45) is 6.02. The molecule has 0 unspecified atom stereocenters. The number of piperidine rings is 1. The van der Waals surface area contributed by atoms with Crippen molar-refractivity contribution in [2.24, 2.45) is 5.92 Å². The number of hydrogen-bond acceptors (Lipinski definition) is 4. The SMILES string of the molecule is CCCC(CCC)C(=O)O[C@@H](CCCN1CCC(O)(c2ccc(Cl)cc2)CC1)c1ccc(F)cc1. The largest absolute Gasteiger partial charge is 0.457 e. The molecule has 0 aromatic heterocycles. The second-order valence-corrected chi connectivity index (χ2v) is 10.2. The normalized spacial score (nSPS) is 16.9.